The van der Waals surface area contributed by atoms with Gasteiger partial charge in [0.1, 0.15) is 0 Å². The average molecular weight is 186 g/mol. The van der Waals surface area contributed by atoms with Crippen LogP contribution in [0.1, 0.15) is 44.9 Å². The van der Waals surface area contributed by atoms with Gasteiger partial charge in [0.15, 0.2) is 0 Å². The molecule has 0 aromatic heterocycles. The van der Waals surface area contributed by atoms with Crippen LogP contribution in [-0.4, -0.2) is 0 Å². The summed E-state index contributed by atoms with van der Waals surface area (Å²) in [5.41, 5.74) is 1.48. The van der Waals surface area contributed by atoms with Crippen molar-refractivity contribution in [1.29, 1.82) is 0 Å². The summed E-state index contributed by atoms with van der Waals surface area (Å²) >= 11 is 0. The van der Waals surface area contributed by atoms with Crippen molar-refractivity contribution in [2.45, 2.75) is 44.9 Å². The molecule has 0 aromatic carbocycles. The molecule has 0 saturated carbocycles. The molecule has 0 heterocycles. The van der Waals surface area contributed by atoms with E-state index in [0.29, 0.717) is 5.92 Å². The summed E-state index contributed by atoms with van der Waals surface area (Å²) in [7, 11) is 0. The van der Waals surface area contributed by atoms with Crippen LogP contribution in [0, 0.1) is 17.8 Å². The van der Waals surface area contributed by atoms with Crippen LogP contribution >= 0.6 is 0 Å². The lowest BCUT2D eigenvalue weighted by Crippen LogP contribution is -2.03. The number of hydrogen-bond donors (Lipinski definition) is 0. The van der Waals surface area contributed by atoms with Crippen molar-refractivity contribution in [1.82, 2.24) is 0 Å². The van der Waals surface area contributed by atoms with Crippen LogP contribution in [-0.2, 0) is 0 Å². The zero-order chi connectivity index (χ0) is 9.64. The van der Waals surface area contributed by atoms with Gasteiger partial charge < -0.3 is 0 Å². The molecule has 0 N–H and O–H groups in total. The molecule has 0 fully saturated rings. The summed E-state index contributed by atoms with van der Waals surface area (Å²) in [4.78, 5) is 0. The van der Waals surface area contributed by atoms with Gasteiger partial charge in [-0.2, -0.15) is 0 Å². The van der Waals surface area contributed by atoms with E-state index in [0.717, 1.165) is 6.42 Å². The highest BCUT2D eigenvalue weighted by Gasteiger charge is 2.11. The molecular formula is C14H18. The van der Waals surface area contributed by atoms with Crippen LogP contribution in [0.2, 0.25) is 0 Å². The monoisotopic (exact) mass is 186 g/mol. The Kier molecular flexibility index (Phi) is 3.46. The quantitative estimate of drug-likeness (QED) is 0.546. The molecule has 0 spiro atoms. The normalized spacial score (nSPS) is 26.9. The molecule has 1 unspecified atom stereocenters. The lowest BCUT2D eigenvalue weighted by Gasteiger charge is -2.16. The van der Waals surface area contributed by atoms with Gasteiger partial charge in [-0.15, -0.1) is 5.92 Å². The second kappa shape index (κ2) is 5.05. The molecule has 2 aliphatic carbocycles. The van der Waals surface area contributed by atoms with Gasteiger partial charge in [0.25, 0.3) is 0 Å². The summed E-state index contributed by atoms with van der Waals surface area (Å²) in [5.74, 6) is 7.27. The van der Waals surface area contributed by atoms with Crippen molar-refractivity contribution in [2.24, 2.45) is 5.92 Å². The van der Waals surface area contributed by atoms with Gasteiger partial charge >= 0.3 is 0 Å². The summed E-state index contributed by atoms with van der Waals surface area (Å²) in [6, 6.07) is 0. The van der Waals surface area contributed by atoms with Crippen molar-refractivity contribution < 1.29 is 0 Å². The highest BCUT2D eigenvalue weighted by Crippen LogP contribution is 2.24. The first-order valence-corrected chi connectivity index (χ1v) is 5.82. The van der Waals surface area contributed by atoms with E-state index >= 15 is 0 Å². The lowest BCUT2D eigenvalue weighted by molar-refractivity contribution is 0.588. The van der Waals surface area contributed by atoms with Gasteiger partial charge in [-0.05, 0) is 31.3 Å². The fourth-order valence-electron chi connectivity index (χ4n) is 2.15. The number of allylic oxidation sites excluding steroid dienone is 4. The van der Waals surface area contributed by atoms with E-state index in [1.165, 1.54) is 44.1 Å². The predicted molar refractivity (Wildman–Crippen MR) is 60.8 cm³/mol. The predicted octanol–water partition coefficient (Wildman–Crippen LogP) is 3.85. The van der Waals surface area contributed by atoms with Crippen LogP contribution in [0.15, 0.2) is 23.8 Å². The van der Waals surface area contributed by atoms with Crippen LogP contribution < -0.4 is 0 Å². The molecule has 0 bridgehead atoms. The first kappa shape index (κ1) is 9.59. The largest absolute Gasteiger partial charge is 0.103 e. The molecule has 0 heteroatoms. The van der Waals surface area contributed by atoms with Gasteiger partial charge in [0.2, 0.25) is 0 Å². The minimum atomic E-state index is 0.534. The summed E-state index contributed by atoms with van der Waals surface area (Å²) in [6.45, 7) is 0. The maximum atomic E-state index is 3.42. The SMILES string of the molecule is C1#CC(C2=CCCC=C2)CCCCC1. The van der Waals surface area contributed by atoms with Gasteiger partial charge in [-0.25, -0.2) is 0 Å². The zero-order valence-electron chi connectivity index (χ0n) is 8.76. The fourth-order valence-corrected chi connectivity index (χ4v) is 2.15. The Morgan fingerprint density at radius 2 is 2.14 bits per heavy atom. The summed E-state index contributed by atoms with van der Waals surface area (Å²) < 4.78 is 0. The Morgan fingerprint density at radius 3 is 3.00 bits per heavy atom. The molecule has 2 rings (SSSR count). The van der Waals surface area contributed by atoms with Gasteiger partial charge in [-0.3, -0.25) is 0 Å². The van der Waals surface area contributed by atoms with E-state index in [2.05, 4.69) is 30.1 Å². The highest BCUT2D eigenvalue weighted by molar-refractivity contribution is 5.31. The minimum absolute atomic E-state index is 0.534. The molecule has 1 atom stereocenters. The van der Waals surface area contributed by atoms with Crippen molar-refractivity contribution in [2.75, 3.05) is 0 Å². The van der Waals surface area contributed by atoms with E-state index in [4.69, 9.17) is 0 Å². The Morgan fingerprint density at radius 1 is 1.14 bits per heavy atom. The lowest BCUT2D eigenvalue weighted by atomic mass is 9.88. The third kappa shape index (κ3) is 2.51. The van der Waals surface area contributed by atoms with Crippen molar-refractivity contribution >= 4 is 0 Å². The maximum Gasteiger partial charge on any atom is 0.0449 e. The third-order valence-corrected chi connectivity index (χ3v) is 3.00. The van der Waals surface area contributed by atoms with E-state index in [9.17, 15) is 0 Å². The Labute approximate surface area is 87.1 Å². The van der Waals surface area contributed by atoms with Crippen LogP contribution in [0.25, 0.3) is 0 Å². The molecule has 14 heavy (non-hydrogen) atoms. The standard InChI is InChI=1S/C14H18/c1-2-5-9-13(10-6-3-1)14-11-7-4-8-12-14/h7,11-13H,1-5,8-9H2. The van der Waals surface area contributed by atoms with E-state index in [-0.39, 0.29) is 0 Å². The molecule has 0 nitrogen and oxygen atoms in total. The van der Waals surface area contributed by atoms with E-state index in [1.54, 1.807) is 0 Å². The Balaban J connectivity index is 2.06. The van der Waals surface area contributed by atoms with E-state index < -0.39 is 0 Å². The molecule has 0 radical (unpaired) electrons. The second-order valence-corrected chi connectivity index (χ2v) is 4.16. The highest BCUT2D eigenvalue weighted by atomic mass is 14.1. The van der Waals surface area contributed by atoms with Crippen molar-refractivity contribution in [3.8, 4) is 11.8 Å². The number of rotatable bonds is 1. The second-order valence-electron chi connectivity index (χ2n) is 4.16. The Bertz CT molecular complexity index is 296. The van der Waals surface area contributed by atoms with Crippen molar-refractivity contribution in [3.05, 3.63) is 23.8 Å². The molecule has 0 amide bonds. The van der Waals surface area contributed by atoms with Crippen LogP contribution in [0.3, 0.4) is 0 Å². The summed E-state index contributed by atoms with van der Waals surface area (Å²) in [5, 5.41) is 0. The molecule has 74 valence electrons. The molecule has 0 aromatic rings. The first-order chi connectivity index (χ1) is 6.97. The molecular weight excluding hydrogens is 168 g/mol. The average Bonchev–Trinajstić information content (AvgIpc) is 2.18. The maximum absolute atomic E-state index is 3.42. The van der Waals surface area contributed by atoms with Gasteiger partial charge in [0.05, 0.1) is 0 Å². The summed E-state index contributed by atoms with van der Waals surface area (Å²) in [6.07, 6.45) is 15.8. The first-order valence-electron chi connectivity index (χ1n) is 5.82. The van der Waals surface area contributed by atoms with Gasteiger partial charge in [0, 0.05) is 12.3 Å². The number of hydrogen-bond acceptors (Lipinski definition) is 0. The zero-order valence-corrected chi connectivity index (χ0v) is 8.76. The molecule has 0 aliphatic heterocycles. The smallest absolute Gasteiger partial charge is 0.0449 e. The van der Waals surface area contributed by atoms with Crippen LogP contribution in [0.4, 0.5) is 0 Å². The van der Waals surface area contributed by atoms with Crippen molar-refractivity contribution in [3.63, 3.8) is 0 Å². The Hall–Kier alpha value is -0.960. The molecule has 0 saturated heterocycles. The van der Waals surface area contributed by atoms with Gasteiger partial charge in [-0.1, -0.05) is 37.0 Å². The van der Waals surface area contributed by atoms with E-state index in [1.807, 2.05) is 0 Å². The minimum Gasteiger partial charge on any atom is -0.103 e. The molecule has 2 aliphatic rings. The fraction of sp³-hybridized carbons (Fsp3) is 0.571. The topological polar surface area (TPSA) is 0 Å². The van der Waals surface area contributed by atoms with Crippen LogP contribution in [0.5, 0.6) is 0 Å². The third-order valence-electron chi connectivity index (χ3n) is 3.00.